The zero-order chi connectivity index (χ0) is 23.7. The minimum Gasteiger partial charge on any atom is -0.366 e. The van der Waals surface area contributed by atoms with Crippen LogP contribution in [0.25, 0.3) is 10.9 Å². The number of nitrogens with zero attached hydrogens (tertiary/aromatic N) is 6. The maximum atomic E-state index is 13.1. The van der Waals surface area contributed by atoms with Crippen molar-refractivity contribution >= 4 is 44.6 Å². The van der Waals surface area contributed by atoms with Gasteiger partial charge in [-0.3, -0.25) is 14.3 Å². The minimum atomic E-state index is -0.504. The fraction of sp³-hybridized carbons (Fsp3) is 0.208. The van der Waals surface area contributed by atoms with E-state index in [1.165, 1.54) is 0 Å². The van der Waals surface area contributed by atoms with Gasteiger partial charge in [0.25, 0.3) is 11.8 Å². The molecule has 34 heavy (non-hydrogen) atoms. The van der Waals surface area contributed by atoms with E-state index in [1.54, 1.807) is 29.2 Å². The van der Waals surface area contributed by atoms with E-state index in [0.29, 0.717) is 55.3 Å². The van der Waals surface area contributed by atoms with Crippen molar-refractivity contribution in [3.8, 4) is 0 Å². The Morgan fingerprint density at radius 1 is 1.00 bits per heavy atom. The van der Waals surface area contributed by atoms with Gasteiger partial charge < -0.3 is 15.5 Å². The molecule has 0 spiro atoms. The van der Waals surface area contributed by atoms with Gasteiger partial charge in [0.1, 0.15) is 5.52 Å². The lowest BCUT2D eigenvalue weighted by molar-refractivity contribution is 0.0746. The van der Waals surface area contributed by atoms with Gasteiger partial charge in [-0.1, -0.05) is 24.3 Å². The molecule has 0 saturated carbocycles. The van der Waals surface area contributed by atoms with Crippen molar-refractivity contribution < 1.29 is 9.59 Å². The molecule has 4 aromatic rings. The highest BCUT2D eigenvalue weighted by molar-refractivity contribution is 9.10. The van der Waals surface area contributed by atoms with Crippen LogP contribution in [0.3, 0.4) is 0 Å². The van der Waals surface area contributed by atoms with Crippen LogP contribution in [-0.4, -0.2) is 62.6 Å². The summed E-state index contributed by atoms with van der Waals surface area (Å²) < 4.78 is 2.60. The van der Waals surface area contributed by atoms with E-state index in [0.717, 1.165) is 15.4 Å². The third-order valence-electron chi connectivity index (χ3n) is 5.82. The van der Waals surface area contributed by atoms with Crippen molar-refractivity contribution in [2.45, 2.75) is 6.54 Å². The summed E-state index contributed by atoms with van der Waals surface area (Å²) in [4.78, 5) is 37.5. The zero-order valence-electron chi connectivity index (χ0n) is 18.3. The molecule has 0 atom stereocenters. The van der Waals surface area contributed by atoms with Gasteiger partial charge in [-0.25, -0.2) is 9.97 Å². The molecule has 1 saturated heterocycles. The third-order valence-corrected chi connectivity index (χ3v) is 6.23. The number of rotatable bonds is 5. The maximum absolute atomic E-state index is 13.1. The first-order valence-corrected chi connectivity index (χ1v) is 11.6. The third kappa shape index (κ3) is 4.49. The Kier molecular flexibility index (Phi) is 5.97. The predicted octanol–water partition coefficient (Wildman–Crippen LogP) is 2.70. The van der Waals surface area contributed by atoms with Crippen molar-refractivity contribution in [1.82, 2.24) is 24.6 Å². The SMILES string of the molecule is NC(=O)c1cccc2cn(Cc3cccc(C(=O)N4CCN(c5ncc(Br)cn5)CC4)c3)nc12. The van der Waals surface area contributed by atoms with Crippen LogP contribution in [0, 0.1) is 0 Å². The van der Waals surface area contributed by atoms with E-state index >= 15 is 0 Å². The van der Waals surface area contributed by atoms with Crippen molar-refractivity contribution in [2.75, 3.05) is 31.1 Å². The van der Waals surface area contributed by atoms with Crippen LogP contribution in [0.2, 0.25) is 0 Å². The van der Waals surface area contributed by atoms with Gasteiger partial charge in [-0.15, -0.1) is 0 Å². The number of primary amides is 1. The number of carbonyl (C=O) groups is 2. The van der Waals surface area contributed by atoms with Gasteiger partial charge in [0.2, 0.25) is 5.95 Å². The maximum Gasteiger partial charge on any atom is 0.253 e. The van der Waals surface area contributed by atoms with Crippen LogP contribution in [-0.2, 0) is 6.54 Å². The highest BCUT2D eigenvalue weighted by Crippen LogP contribution is 2.19. The number of halogens is 1. The number of anilines is 1. The number of hydrogen-bond donors (Lipinski definition) is 1. The van der Waals surface area contributed by atoms with Gasteiger partial charge in [-0.2, -0.15) is 5.10 Å². The summed E-state index contributed by atoms with van der Waals surface area (Å²) in [7, 11) is 0. The van der Waals surface area contributed by atoms with E-state index in [2.05, 4.69) is 35.9 Å². The summed E-state index contributed by atoms with van der Waals surface area (Å²) in [5.41, 5.74) is 8.03. The molecule has 1 aliphatic heterocycles. The van der Waals surface area contributed by atoms with E-state index in [1.807, 2.05) is 41.4 Å². The normalized spacial score (nSPS) is 13.9. The monoisotopic (exact) mass is 519 g/mol. The van der Waals surface area contributed by atoms with Gasteiger partial charge in [-0.05, 0) is 39.7 Å². The standard InChI is InChI=1S/C24H22BrN7O2/c25-19-12-27-24(28-13-19)31-9-7-30(8-10-31)23(34)17-4-1-3-16(11-17)14-32-15-18-5-2-6-20(22(26)33)21(18)29-32/h1-6,11-13,15H,7-10,14H2,(H2,26,33). The van der Waals surface area contributed by atoms with E-state index in [-0.39, 0.29) is 5.91 Å². The Balaban J connectivity index is 1.27. The molecule has 2 aromatic heterocycles. The summed E-state index contributed by atoms with van der Waals surface area (Å²) in [6.07, 6.45) is 5.32. The Labute approximate surface area is 204 Å². The number of fused-ring (bicyclic) bond motifs is 1. The fourth-order valence-electron chi connectivity index (χ4n) is 4.13. The molecule has 0 aliphatic carbocycles. The van der Waals surface area contributed by atoms with Crippen molar-refractivity contribution in [2.24, 2.45) is 5.73 Å². The number of benzene rings is 2. The van der Waals surface area contributed by atoms with Crippen LogP contribution in [0.5, 0.6) is 0 Å². The topological polar surface area (TPSA) is 110 Å². The van der Waals surface area contributed by atoms with Crippen LogP contribution in [0.1, 0.15) is 26.3 Å². The van der Waals surface area contributed by atoms with Crippen LogP contribution >= 0.6 is 15.9 Å². The average Bonchev–Trinajstić information content (AvgIpc) is 3.26. The lowest BCUT2D eigenvalue weighted by Crippen LogP contribution is -2.49. The van der Waals surface area contributed by atoms with Crippen LogP contribution < -0.4 is 10.6 Å². The zero-order valence-corrected chi connectivity index (χ0v) is 19.9. The molecule has 1 aliphatic rings. The molecule has 2 aromatic carbocycles. The van der Waals surface area contributed by atoms with E-state index < -0.39 is 5.91 Å². The Morgan fingerprint density at radius 2 is 1.74 bits per heavy atom. The Bertz CT molecular complexity index is 1360. The lowest BCUT2D eigenvalue weighted by atomic mass is 10.1. The van der Waals surface area contributed by atoms with Gasteiger partial charge in [0.05, 0.1) is 16.6 Å². The molecule has 9 nitrogen and oxygen atoms in total. The quantitative estimate of drug-likeness (QED) is 0.434. The molecule has 2 N–H and O–H groups in total. The number of amides is 2. The van der Waals surface area contributed by atoms with Crippen molar-refractivity contribution in [3.05, 3.63) is 82.2 Å². The molecule has 5 rings (SSSR count). The largest absolute Gasteiger partial charge is 0.366 e. The highest BCUT2D eigenvalue weighted by Gasteiger charge is 2.23. The van der Waals surface area contributed by atoms with Gasteiger partial charge in [0.15, 0.2) is 0 Å². The predicted molar refractivity (Wildman–Crippen MR) is 132 cm³/mol. The summed E-state index contributed by atoms with van der Waals surface area (Å²) in [6.45, 7) is 3.03. The highest BCUT2D eigenvalue weighted by atomic mass is 79.9. The van der Waals surface area contributed by atoms with Crippen molar-refractivity contribution in [3.63, 3.8) is 0 Å². The van der Waals surface area contributed by atoms with Crippen molar-refractivity contribution in [1.29, 1.82) is 0 Å². The lowest BCUT2D eigenvalue weighted by Gasteiger charge is -2.34. The van der Waals surface area contributed by atoms with E-state index in [4.69, 9.17) is 5.73 Å². The van der Waals surface area contributed by atoms with Crippen LogP contribution in [0.4, 0.5) is 5.95 Å². The summed E-state index contributed by atoms with van der Waals surface area (Å²) >= 11 is 3.35. The molecular weight excluding hydrogens is 498 g/mol. The number of aromatic nitrogens is 4. The summed E-state index contributed by atoms with van der Waals surface area (Å²) in [6, 6.07) is 12.9. The molecule has 2 amide bonds. The molecule has 10 heteroatoms. The number of nitrogens with two attached hydrogens (primary N) is 1. The number of hydrogen-bond acceptors (Lipinski definition) is 6. The Morgan fingerprint density at radius 3 is 2.47 bits per heavy atom. The van der Waals surface area contributed by atoms with Gasteiger partial charge >= 0.3 is 0 Å². The molecule has 1 fully saturated rings. The number of piperazine rings is 1. The molecule has 0 bridgehead atoms. The first kappa shape index (κ1) is 22.0. The number of carbonyl (C=O) groups excluding carboxylic acids is 2. The fourth-order valence-corrected chi connectivity index (χ4v) is 4.33. The Hall–Kier alpha value is -3.79. The second-order valence-electron chi connectivity index (χ2n) is 8.12. The van der Waals surface area contributed by atoms with E-state index in [9.17, 15) is 9.59 Å². The second kappa shape index (κ2) is 9.22. The first-order chi connectivity index (χ1) is 16.5. The molecule has 3 heterocycles. The first-order valence-electron chi connectivity index (χ1n) is 10.8. The average molecular weight is 520 g/mol. The van der Waals surface area contributed by atoms with Crippen LogP contribution in [0.15, 0.2) is 65.5 Å². The van der Waals surface area contributed by atoms with Gasteiger partial charge in [0, 0.05) is 55.7 Å². The summed E-state index contributed by atoms with van der Waals surface area (Å²) in [5, 5.41) is 5.38. The summed E-state index contributed by atoms with van der Waals surface area (Å²) in [5.74, 6) is 0.165. The smallest absolute Gasteiger partial charge is 0.253 e. The molecule has 0 radical (unpaired) electrons. The second-order valence-corrected chi connectivity index (χ2v) is 9.03. The minimum absolute atomic E-state index is 0.000124. The molecule has 0 unspecified atom stereocenters. The molecular formula is C24H22BrN7O2. The molecule has 172 valence electrons.